The van der Waals surface area contributed by atoms with Gasteiger partial charge >= 0.3 is 6.09 Å². The minimum atomic E-state index is -0.555. The molecule has 1 aliphatic heterocycles. The van der Waals surface area contributed by atoms with Crippen LogP contribution in [0.4, 0.5) is 13.6 Å². The van der Waals surface area contributed by atoms with Gasteiger partial charge in [-0.15, -0.1) is 0 Å². The number of halogens is 2. The topological polar surface area (TPSA) is 62.6 Å². The Bertz CT molecular complexity index is 987. The van der Waals surface area contributed by atoms with Crippen molar-refractivity contribution in [3.63, 3.8) is 0 Å². The number of hydrogen-bond donors (Lipinski definition) is 0. The third-order valence-electron chi connectivity index (χ3n) is 5.13. The number of carbonyl (C=O) groups is 1. The molecule has 0 saturated carbocycles. The number of carbonyl (C=O) groups excluding carboxylic acids is 1. The third kappa shape index (κ3) is 5.94. The van der Waals surface area contributed by atoms with Gasteiger partial charge in [0.1, 0.15) is 29.6 Å². The van der Waals surface area contributed by atoms with E-state index in [0.717, 1.165) is 6.07 Å². The Labute approximate surface area is 181 Å². The lowest BCUT2D eigenvalue weighted by Crippen LogP contribution is -2.41. The largest absolute Gasteiger partial charge is 0.489 e. The number of rotatable bonds is 4. The molecule has 2 aromatic rings. The van der Waals surface area contributed by atoms with Gasteiger partial charge in [0.25, 0.3) is 0 Å². The van der Waals surface area contributed by atoms with Crippen LogP contribution in [0.15, 0.2) is 36.4 Å². The van der Waals surface area contributed by atoms with Crippen molar-refractivity contribution < 1.29 is 23.0 Å². The Morgan fingerprint density at radius 1 is 1.13 bits per heavy atom. The maximum Gasteiger partial charge on any atom is 0.410 e. The minimum absolute atomic E-state index is 0.0281. The molecule has 7 heteroatoms. The summed E-state index contributed by atoms with van der Waals surface area (Å²) in [6.45, 7) is 6.41. The highest BCUT2D eigenvalue weighted by atomic mass is 19.1. The van der Waals surface area contributed by atoms with Gasteiger partial charge in [-0.25, -0.2) is 13.6 Å². The van der Waals surface area contributed by atoms with Crippen molar-refractivity contribution in [2.75, 3.05) is 13.1 Å². The van der Waals surface area contributed by atoms with Crippen LogP contribution in [0, 0.1) is 23.0 Å². The maximum atomic E-state index is 14.5. The SMILES string of the molecule is CC(C)(C)OC(=O)N1CCC(c2cc(OCc3ccc(C#N)cc3F)ccc2F)CC1. The number of nitriles is 1. The van der Waals surface area contributed by atoms with Crippen molar-refractivity contribution in [2.24, 2.45) is 0 Å². The molecule has 0 N–H and O–H groups in total. The van der Waals surface area contributed by atoms with Gasteiger partial charge in [0.2, 0.25) is 0 Å². The van der Waals surface area contributed by atoms with Crippen molar-refractivity contribution in [3.05, 3.63) is 64.7 Å². The second kappa shape index (κ2) is 9.34. The molecule has 164 valence electrons. The average Bonchev–Trinajstić information content (AvgIpc) is 2.72. The Morgan fingerprint density at radius 3 is 2.45 bits per heavy atom. The van der Waals surface area contributed by atoms with Gasteiger partial charge in [0.05, 0.1) is 11.6 Å². The van der Waals surface area contributed by atoms with Gasteiger partial charge in [-0.3, -0.25) is 0 Å². The van der Waals surface area contributed by atoms with E-state index in [9.17, 15) is 13.6 Å². The van der Waals surface area contributed by atoms with Crippen LogP contribution in [0.25, 0.3) is 0 Å². The van der Waals surface area contributed by atoms with Crippen LogP contribution in [0.2, 0.25) is 0 Å². The highest BCUT2D eigenvalue weighted by Crippen LogP contribution is 2.33. The van der Waals surface area contributed by atoms with Gasteiger partial charge in [-0.1, -0.05) is 6.07 Å². The van der Waals surface area contributed by atoms with Gasteiger partial charge in [-0.05, 0) is 75.4 Å². The van der Waals surface area contributed by atoms with Crippen molar-refractivity contribution >= 4 is 6.09 Å². The molecule has 1 heterocycles. The molecule has 1 aliphatic rings. The first-order chi connectivity index (χ1) is 14.7. The minimum Gasteiger partial charge on any atom is -0.489 e. The third-order valence-corrected chi connectivity index (χ3v) is 5.13. The lowest BCUT2D eigenvalue weighted by Gasteiger charge is -2.33. The van der Waals surface area contributed by atoms with Crippen molar-refractivity contribution in [3.8, 4) is 11.8 Å². The molecule has 31 heavy (non-hydrogen) atoms. The number of likely N-dealkylation sites (tertiary alicyclic amines) is 1. The second-order valence-electron chi connectivity index (χ2n) is 8.63. The summed E-state index contributed by atoms with van der Waals surface area (Å²) in [5, 5.41) is 8.83. The molecule has 0 atom stereocenters. The fourth-order valence-corrected chi connectivity index (χ4v) is 3.52. The number of nitrogens with zero attached hydrogens (tertiary/aromatic N) is 2. The van der Waals surface area contributed by atoms with Crippen molar-refractivity contribution in [1.29, 1.82) is 5.26 Å². The summed E-state index contributed by atoms with van der Waals surface area (Å²) in [5.74, 6) is -0.452. The molecule has 0 radical (unpaired) electrons. The first kappa shape index (κ1) is 22.5. The van der Waals surface area contributed by atoms with E-state index in [0.29, 0.717) is 42.8 Å². The van der Waals surface area contributed by atoms with E-state index in [2.05, 4.69) is 0 Å². The summed E-state index contributed by atoms with van der Waals surface area (Å²) < 4.78 is 39.6. The molecule has 1 amide bonds. The molecule has 5 nitrogen and oxygen atoms in total. The Hall–Kier alpha value is -3.14. The summed E-state index contributed by atoms with van der Waals surface area (Å²) in [6.07, 6.45) is 0.876. The van der Waals surface area contributed by atoms with Crippen LogP contribution in [0.1, 0.15) is 56.2 Å². The van der Waals surface area contributed by atoms with E-state index >= 15 is 0 Å². The molecule has 1 saturated heterocycles. The summed E-state index contributed by atoms with van der Waals surface area (Å²) >= 11 is 0. The number of benzene rings is 2. The van der Waals surface area contributed by atoms with Crippen molar-refractivity contribution in [1.82, 2.24) is 4.90 Å². The second-order valence-corrected chi connectivity index (χ2v) is 8.63. The Balaban J connectivity index is 1.63. The van der Waals surface area contributed by atoms with Gasteiger partial charge in [0.15, 0.2) is 0 Å². The van der Waals surface area contributed by atoms with Gasteiger partial charge in [-0.2, -0.15) is 5.26 Å². The van der Waals surface area contributed by atoms with Crippen LogP contribution in [0.3, 0.4) is 0 Å². The van der Waals surface area contributed by atoms with Crippen molar-refractivity contribution in [2.45, 2.75) is 51.7 Å². The molecule has 2 aromatic carbocycles. The Kier molecular flexibility index (Phi) is 6.79. The highest BCUT2D eigenvalue weighted by Gasteiger charge is 2.28. The van der Waals surface area contributed by atoms with Crippen LogP contribution in [0.5, 0.6) is 5.75 Å². The maximum absolute atomic E-state index is 14.5. The zero-order valence-corrected chi connectivity index (χ0v) is 18.0. The quantitative estimate of drug-likeness (QED) is 0.642. The number of piperidine rings is 1. The summed E-state index contributed by atoms with van der Waals surface area (Å²) in [7, 11) is 0. The molecule has 0 bridgehead atoms. The fourth-order valence-electron chi connectivity index (χ4n) is 3.52. The van der Waals surface area contributed by atoms with E-state index in [1.54, 1.807) is 11.0 Å². The van der Waals surface area contributed by atoms with E-state index in [1.165, 1.54) is 24.3 Å². The number of amides is 1. The first-order valence-corrected chi connectivity index (χ1v) is 10.2. The molecule has 0 spiro atoms. The predicted octanol–water partition coefficient (Wildman–Crippen LogP) is 5.53. The lowest BCUT2D eigenvalue weighted by molar-refractivity contribution is 0.0204. The molecule has 0 aliphatic carbocycles. The van der Waals surface area contributed by atoms with Gasteiger partial charge in [0, 0.05) is 18.7 Å². The fraction of sp³-hybridized carbons (Fsp3) is 0.417. The Morgan fingerprint density at radius 2 is 1.84 bits per heavy atom. The monoisotopic (exact) mass is 428 g/mol. The van der Waals surface area contributed by atoms with Crippen LogP contribution in [-0.4, -0.2) is 29.7 Å². The summed E-state index contributed by atoms with van der Waals surface area (Å²) in [6, 6.07) is 10.6. The van der Waals surface area contributed by atoms with Crippen LogP contribution in [-0.2, 0) is 11.3 Å². The number of hydrogen-bond acceptors (Lipinski definition) is 4. The lowest BCUT2D eigenvalue weighted by atomic mass is 9.89. The summed E-state index contributed by atoms with van der Waals surface area (Å²) in [4.78, 5) is 13.9. The van der Waals surface area contributed by atoms with Crippen LogP contribution < -0.4 is 4.74 Å². The molecule has 1 fully saturated rings. The first-order valence-electron chi connectivity index (χ1n) is 10.2. The predicted molar refractivity (Wildman–Crippen MR) is 112 cm³/mol. The molecular weight excluding hydrogens is 402 g/mol. The van der Waals surface area contributed by atoms with E-state index < -0.39 is 11.4 Å². The standard InChI is InChI=1S/C24H26F2N2O3/c1-24(2,3)31-23(29)28-10-8-17(9-11-28)20-13-19(6-7-21(20)25)30-15-18-5-4-16(14-27)12-22(18)26/h4-7,12-13,17H,8-11,15H2,1-3H3. The van der Waals surface area contributed by atoms with E-state index in [4.69, 9.17) is 14.7 Å². The normalized spacial score (nSPS) is 14.8. The molecule has 0 unspecified atom stereocenters. The van der Waals surface area contributed by atoms with E-state index in [1.807, 2.05) is 26.8 Å². The van der Waals surface area contributed by atoms with Crippen LogP contribution >= 0.6 is 0 Å². The average molecular weight is 428 g/mol. The number of ether oxygens (including phenoxy) is 2. The highest BCUT2D eigenvalue weighted by molar-refractivity contribution is 5.68. The smallest absolute Gasteiger partial charge is 0.410 e. The van der Waals surface area contributed by atoms with Gasteiger partial charge < -0.3 is 14.4 Å². The van der Waals surface area contributed by atoms with E-state index in [-0.39, 0.29) is 30.0 Å². The molecular formula is C24H26F2N2O3. The molecule has 3 rings (SSSR count). The summed E-state index contributed by atoms with van der Waals surface area (Å²) in [5.41, 5.74) is 0.528. The zero-order chi connectivity index (χ0) is 22.6. The molecule has 0 aromatic heterocycles. The zero-order valence-electron chi connectivity index (χ0n) is 18.0.